The number of carbonyl (C=O) groups is 2. The van der Waals surface area contributed by atoms with E-state index in [1.165, 1.54) is 0 Å². The van der Waals surface area contributed by atoms with Gasteiger partial charge in [-0.1, -0.05) is 6.08 Å². The normalized spacial score (nSPS) is 22.5. The molecule has 1 aliphatic heterocycles. The number of hydrogen-bond donors (Lipinski definition) is 2. The zero-order chi connectivity index (χ0) is 11.4. The standard InChI is InChI=1S/C10H17N3O2/c1-2-3-8(11)10(15)13-5-4-7(6-13)9(12)14/h2,7-8H,1,3-6,11H2,(H2,12,14). The molecule has 2 amide bonds. The highest BCUT2D eigenvalue weighted by Crippen LogP contribution is 2.16. The second-order valence-corrected chi connectivity index (χ2v) is 3.80. The van der Waals surface area contributed by atoms with Gasteiger partial charge in [0.05, 0.1) is 12.0 Å². The van der Waals surface area contributed by atoms with E-state index in [4.69, 9.17) is 11.5 Å². The van der Waals surface area contributed by atoms with Crippen LogP contribution < -0.4 is 11.5 Å². The van der Waals surface area contributed by atoms with Gasteiger partial charge < -0.3 is 16.4 Å². The second-order valence-electron chi connectivity index (χ2n) is 3.80. The van der Waals surface area contributed by atoms with Crippen LogP contribution in [0.5, 0.6) is 0 Å². The van der Waals surface area contributed by atoms with Gasteiger partial charge in [-0.05, 0) is 12.8 Å². The van der Waals surface area contributed by atoms with Crippen LogP contribution in [-0.2, 0) is 9.59 Å². The van der Waals surface area contributed by atoms with Gasteiger partial charge in [0.15, 0.2) is 0 Å². The molecule has 5 heteroatoms. The van der Waals surface area contributed by atoms with Crippen molar-refractivity contribution in [2.75, 3.05) is 13.1 Å². The van der Waals surface area contributed by atoms with Crippen molar-refractivity contribution in [1.82, 2.24) is 4.90 Å². The minimum absolute atomic E-state index is 0.126. The lowest BCUT2D eigenvalue weighted by molar-refractivity contribution is -0.131. The number of amides is 2. The summed E-state index contributed by atoms with van der Waals surface area (Å²) in [6.07, 6.45) is 2.71. The molecule has 1 saturated heterocycles. The van der Waals surface area contributed by atoms with E-state index in [1.807, 2.05) is 0 Å². The Balaban J connectivity index is 2.49. The zero-order valence-electron chi connectivity index (χ0n) is 8.69. The fraction of sp³-hybridized carbons (Fsp3) is 0.600. The Morgan fingerprint density at radius 2 is 2.27 bits per heavy atom. The van der Waals surface area contributed by atoms with Gasteiger partial charge >= 0.3 is 0 Å². The van der Waals surface area contributed by atoms with Crippen LogP contribution in [-0.4, -0.2) is 35.8 Å². The van der Waals surface area contributed by atoms with Crippen molar-refractivity contribution >= 4 is 11.8 Å². The summed E-state index contributed by atoms with van der Waals surface area (Å²) in [5, 5.41) is 0. The molecular weight excluding hydrogens is 194 g/mol. The molecule has 84 valence electrons. The number of primary amides is 1. The van der Waals surface area contributed by atoms with Crippen LogP contribution in [0.4, 0.5) is 0 Å². The molecule has 0 aliphatic carbocycles. The molecule has 1 rings (SSSR count). The quantitative estimate of drug-likeness (QED) is 0.598. The summed E-state index contributed by atoms with van der Waals surface area (Å²) in [5.74, 6) is -0.689. The van der Waals surface area contributed by atoms with Gasteiger partial charge in [-0.2, -0.15) is 0 Å². The summed E-state index contributed by atoms with van der Waals surface area (Å²) in [5.41, 5.74) is 10.8. The third-order valence-corrected chi connectivity index (χ3v) is 2.64. The van der Waals surface area contributed by atoms with E-state index in [0.717, 1.165) is 0 Å². The SMILES string of the molecule is C=CCC(N)C(=O)N1CCC(C(N)=O)C1. The highest BCUT2D eigenvalue weighted by Gasteiger charge is 2.31. The predicted octanol–water partition coefficient (Wildman–Crippen LogP) is -0.776. The highest BCUT2D eigenvalue weighted by molar-refractivity contribution is 5.84. The predicted molar refractivity (Wildman–Crippen MR) is 56.7 cm³/mol. The maximum absolute atomic E-state index is 11.7. The first-order chi connectivity index (χ1) is 7.06. The molecule has 0 aromatic carbocycles. The average molecular weight is 211 g/mol. The van der Waals surface area contributed by atoms with E-state index in [9.17, 15) is 9.59 Å². The largest absolute Gasteiger partial charge is 0.369 e. The third kappa shape index (κ3) is 2.79. The lowest BCUT2D eigenvalue weighted by Crippen LogP contribution is -2.42. The topological polar surface area (TPSA) is 89.4 Å². The Morgan fingerprint density at radius 3 is 2.73 bits per heavy atom. The van der Waals surface area contributed by atoms with Crippen LogP contribution in [0.1, 0.15) is 12.8 Å². The van der Waals surface area contributed by atoms with Gasteiger partial charge in [0, 0.05) is 13.1 Å². The Labute approximate surface area is 89.1 Å². The number of carbonyl (C=O) groups excluding carboxylic acids is 2. The van der Waals surface area contributed by atoms with Crippen LogP contribution in [0.3, 0.4) is 0 Å². The van der Waals surface area contributed by atoms with Gasteiger partial charge in [-0.3, -0.25) is 9.59 Å². The molecule has 1 fully saturated rings. The Kier molecular flexibility index (Phi) is 3.85. The zero-order valence-corrected chi connectivity index (χ0v) is 8.69. The van der Waals surface area contributed by atoms with E-state index < -0.39 is 6.04 Å². The molecule has 0 bridgehead atoms. The van der Waals surface area contributed by atoms with Gasteiger partial charge in [-0.15, -0.1) is 6.58 Å². The molecule has 0 saturated carbocycles. The molecule has 0 radical (unpaired) electrons. The molecule has 0 spiro atoms. The van der Waals surface area contributed by atoms with Crippen molar-refractivity contribution in [3.05, 3.63) is 12.7 Å². The van der Waals surface area contributed by atoms with E-state index in [1.54, 1.807) is 11.0 Å². The maximum atomic E-state index is 11.7. The van der Waals surface area contributed by atoms with Gasteiger partial charge in [-0.25, -0.2) is 0 Å². The minimum atomic E-state index is -0.547. The molecule has 5 nitrogen and oxygen atoms in total. The van der Waals surface area contributed by atoms with E-state index >= 15 is 0 Å². The fourth-order valence-electron chi connectivity index (χ4n) is 1.71. The van der Waals surface area contributed by atoms with Crippen LogP contribution in [0.15, 0.2) is 12.7 Å². The number of rotatable bonds is 4. The van der Waals surface area contributed by atoms with Crippen molar-refractivity contribution in [2.24, 2.45) is 17.4 Å². The Morgan fingerprint density at radius 1 is 1.60 bits per heavy atom. The summed E-state index contributed by atoms with van der Waals surface area (Å²) in [4.78, 5) is 24.2. The summed E-state index contributed by atoms with van der Waals surface area (Å²) in [6, 6.07) is -0.547. The highest BCUT2D eigenvalue weighted by atomic mass is 16.2. The van der Waals surface area contributed by atoms with Gasteiger partial charge in [0.2, 0.25) is 11.8 Å². The summed E-state index contributed by atoms with van der Waals surface area (Å²) < 4.78 is 0. The molecule has 2 atom stereocenters. The van der Waals surface area contributed by atoms with Crippen LogP contribution in [0, 0.1) is 5.92 Å². The van der Waals surface area contributed by atoms with Gasteiger partial charge in [0.1, 0.15) is 0 Å². The van der Waals surface area contributed by atoms with Gasteiger partial charge in [0.25, 0.3) is 0 Å². The van der Waals surface area contributed by atoms with E-state index in [2.05, 4.69) is 6.58 Å². The first-order valence-corrected chi connectivity index (χ1v) is 5.00. The summed E-state index contributed by atoms with van der Waals surface area (Å²) in [7, 11) is 0. The van der Waals surface area contributed by atoms with E-state index in [0.29, 0.717) is 25.9 Å². The van der Waals surface area contributed by atoms with Crippen LogP contribution >= 0.6 is 0 Å². The lowest BCUT2D eigenvalue weighted by Gasteiger charge is -2.19. The number of hydrogen-bond acceptors (Lipinski definition) is 3. The smallest absolute Gasteiger partial charge is 0.239 e. The number of nitrogens with two attached hydrogens (primary N) is 2. The molecular formula is C10H17N3O2. The average Bonchev–Trinajstić information content (AvgIpc) is 2.65. The Hall–Kier alpha value is -1.36. The summed E-state index contributed by atoms with van der Waals surface area (Å²) in [6.45, 7) is 4.50. The first-order valence-electron chi connectivity index (χ1n) is 5.00. The second kappa shape index (κ2) is 4.93. The first kappa shape index (κ1) is 11.7. The van der Waals surface area contributed by atoms with Crippen molar-refractivity contribution in [3.8, 4) is 0 Å². The molecule has 15 heavy (non-hydrogen) atoms. The van der Waals surface area contributed by atoms with Crippen LogP contribution in [0.2, 0.25) is 0 Å². The van der Waals surface area contributed by atoms with Crippen molar-refractivity contribution in [3.63, 3.8) is 0 Å². The number of nitrogens with zero attached hydrogens (tertiary/aromatic N) is 1. The summed E-state index contributed by atoms with van der Waals surface area (Å²) >= 11 is 0. The van der Waals surface area contributed by atoms with Crippen LogP contribution in [0.25, 0.3) is 0 Å². The monoisotopic (exact) mass is 211 g/mol. The minimum Gasteiger partial charge on any atom is -0.369 e. The Bertz CT molecular complexity index is 278. The molecule has 4 N–H and O–H groups in total. The molecule has 2 unspecified atom stereocenters. The maximum Gasteiger partial charge on any atom is 0.239 e. The van der Waals surface area contributed by atoms with E-state index in [-0.39, 0.29) is 17.7 Å². The number of likely N-dealkylation sites (tertiary alicyclic amines) is 1. The van der Waals surface area contributed by atoms with Crippen molar-refractivity contribution in [2.45, 2.75) is 18.9 Å². The molecule has 1 aliphatic rings. The fourth-order valence-corrected chi connectivity index (χ4v) is 1.71. The third-order valence-electron chi connectivity index (χ3n) is 2.64. The van der Waals surface area contributed by atoms with Crippen molar-refractivity contribution in [1.29, 1.82) is 0 Å². The lowest BCUT2D eigenvalue weighted by atomic mass is 10.1. The van der Waals surface area contributed by atoms with Crippen molar-refractivity contribution < 1.29 is 9.59 Å². The molecule has 0 aromatic heterocycles. The molecule has 0 aromatic rings. The molecule has 1 heterocycles.